The Hall–Kier alpha value is -1.78. The lowest BCUT2D eigenvalue weighted by Gasteiger charge is -2.29. The molecular formula is C15H19NO4. The minimum absolute atomic E-state index is 0.0132. The maximum absolute atomic E-state index is 12.6. The highest BCUT2D eigenvalue weighted by Crippen LogP contribution is 2.42. The number of carbonyl (C=O) groups excluding carboxylic acids is 1. The van der Waals surface area contributed by atoms with Crippen molar-refractivity contribution in [3.05, 3.63) is 24.2 Å². The number of aliphatic carboxylic acids is 1. The van der Waals surface area contributed by atoms with Gasteiger partial charge < -0.3 is 14.4 Å². The van der Waals surface area contributed by atoms with Gasteiger partial charge in [-0.1, -0.05) is 12.8 Å². The van der Waals surface area contributed by atoms with Gasteiger partial charge in [-0.05, 0) is 31.4 Å². The van der Waals surface area contributed by atoms with Gasteiger partial charge in [0.25, 0.3) is 0 Å². The molecule has 108 valence electrons. The molecular weight excluding hydrogens is 258 g/mol. The Balaban J connectivity index is 1.77. The zero-order valence-electron chi connectivity index (χ0n) is 11.3. The molecule has 2 fully saturated rings. The topological polar surface area (TPSA) is 70.8 Å². The first-order valence-corrected chi connectivity index (χ1v) is 7.25. The fourth-order valence-corrected chi connectivity index (χ4v) is 3.10. The Kier molecular flexibility index (Phi) is 3.51. The van der Waals surface area contributed by atoms with Crippen LogP contribution in [0.4, 0.5) is 0 Å². The molecule has 5 heteroatoms. The third-order valence-electron chi connectivity index (χ3n) is 4.33. The van der Waals surface area contributed by atoms with Crippen LogP contribution < -0.4 is 0 Å². The molecule has 0 aromatic carbocycles. The lowest BCUT2D eigenvalue weighted by molar-refractivity contribution is -0.143. The van der Waals surface area contributed by atoms with E-state index in [9.17, 15) is 9.59 Å². The van der Waals surface area contributed by atoms with Crippen LogP contribution in [0.1, 0.15) is 43.9 Å². The summed E-state index contributed by atoms with van der Waals surface area (Å²) in [5.41, 5.74) is 0. The van der Waals surface area contributed by atoms with E-state index in [-0.39, 0.29) is 17.9 Å². The van der Waals surface area contributed by atoms with E-state index >= 15 is 0 Å². The summed E-state index contributed by atoms with van der Waals surface area (Å²) in [4.78, 5) is 25.3. The fourth-order valence-electron chi connectivity index (χ4n) is 3.10. The number of rotatable bonds is 3. The fraction of sp³-hybridized carbons (Fsp3) is 0.600. The van der Waals surface area contributed by atoms with E-state index in [2.05, 4.69) is 0 Å². The SMILES string of the molecule is O=C(O)[C@@H]1C[C@@H]1C(=O)N1CCCCC[C@@H]1c1ccco1. The smallest absolute Gasteiger partial charge is 0.307 e. The lowest BCUT2D eigenvalue weighted by atomic mass is 10.1. The number of hydrogen-bond donors (Lipinski definition) is 1. The molecule has 5 nitrogen and oxygen atoms in total. The van der Waals surface area contributed by atoms with Gasteiger partial charge in [0.15, 0.2) is 0 Å². The molecule has 0 spiro atoms. The zero-order valence-corrected chi connectivity index (χ0v) is 11.3. The largest absolute Gasteiger partial charge is 0.481 e. The van der Waals surface area contributed by atoms with Crippen LogP contribution in [-0.2, 0) is 9.59 Å². The molecule has 1 aliphatic carbocycles. The van der Waals surface area contributed by atoms with Crippen LogP contribution in [0.2, 0.25) is 0 Å². The molecule has 1 aliphatic heterocycles. The van der Waals surface area contributed by atoms with Gasteiger partial charge in [0.05, 0.1) is 24.1 Å². The van der Waals surface area contributed by atoms with Gasteiger partial charge in [-0.2, -0.15) is 0 Å². The van der Waals surface area contributed by atoms with E-state index < -0.39 is 11.9 Å². The number of furan rings is 1. The van der Waals surface area contributed by atoms with Crippen molar-refractivity contribution in [1.29, 1.82) is 0 Å². The molecule has 2 aliphatic rings. The molecule has 1 amide bonds. The van der Waals surface area contributed by atoms with Crippen molar-refractivity contribution in [2.45, 2.75) is 38.1 Å². The van der Waals surface area contributed by atoms with Crippen molar-refractivity contribution >= 4 is 11.9 Å². The van der Waals surface area contributed by atoms with Gasteiger partial charge in [-0.3, -0.25) is 9.59 Å². The normalized spacial score (nSPS) is 29.8. The van der Waals surface area contributed by atoms with E-state index in [4.69, 9.17) is 9.52 Å². The molecule has 3 rings (SSSR count). The summed E-state index contributed by atoms with van der Waals surface area (Å²) in [7, 11) is 0. The van der Waals surface area contributed by atoms with Gasteiger partial charge in [-0.15, -0.1) is 0 Å². The molecule has 0 radical (unpaired) electrons. The Morgan fingerprint density at radius 1 is 1.25 bits per heavy atom. The number of amides is 1. The second-order valence-corrected chi connectivity index (χ2v) is 5.70. The predicted octanol–water partition coefficient (Wildman–Crippen LogP) is 2.44. The van der Waals surface area contributed by atoms with Gasteiger partial charge in [0, 0.05) is 6.54 Å². The standard InChI is InChI=1S/C15H19NO4/c17-14(10-9-11(10)15(18)19)16-7-3-1-2-5-12(16)13-6-4-8-20-13/h4,6,8,10-12H,1-3,5,7,9H2,(H,18,19)/t10-,11+,12+/m0/s1. The first-order valence-electron chi connectivity index (χ1n) is 7.25. The van der Waals surface area contributed by atoms with Gasteiger partial charge in [0.1, 0.15) is 5.76 Å². The van der Waals surface area contributed by atoms with E-state index in [1.54, 1.807) is 6.26 Å². The number of likely N-dealkylation sites (tertiary alicyclic amines) is 1. The van der Waals surface area contributed by atoms with E-state index in [0.717, 1.165) is 31.4 Å². The third-order valence-corrected chi connectivity index (χ3v) is 4.33. The molecule has 0 unspecified atom stereocenters. The molecule has 1 saturated carbocycles. The molecule has 1 aromatic heterocycles. The Morgan fingerprint density at radius 3 is 2.75 bits per heavy atom. The highest BCUT2D eigenvalue weighted by molar-refractivity contribution is 5.89. The predicted molar refractivity (Wildman–Crippen MR) is 70.9 cm³/mol. The Morgan fingerprint density at radius 2 is 2.10 bits per heavy atom. The second kappa shape index (κ2) is 5.31. The van der Waals surface area contributed by atoms with Crippen LogP contribution in [-0.4, -0.2) is 28.4 Å². The van der Waals surface area contributed by atoms with Crippen LogP contribution in [0, 0.1) is 11.8 Å². The van der Waals surface area contributed by atoms with Crippen LogP contribution in [0.25, 0.3) is 0 Å². The molecule has 2 heterocycles. The number of hydrogen-bond acceptors (Lipinski definition) is 3. The number of nitrogens with zero attached hydrogens (tertiary/aromatic N) is 1. The van der Waals surface area contributed by atoms with Crippen molar-refractivity contribution in [2.24, 2.45) is 11.8 Å². The summed E-state index contributed by atoms with van der Waals surface area (Å²) >= 11 is 0. The third kappa shape index (κ3) is 2.44. The summed E-state index contributed by atoms with van der Waals surface area (Å²) < 4.78 is 5.47. The highest BCUT2D eigenvalue weighted by atomic mass is 16.4. The maximum Gasteiger partial charge on any atom is 0.307 e. The highest BCUT2D eigenvalue weighted by Gasteiger charge is 2.50. The van der Waals surface area contributed by atoms with Gasteiger partial charge >= 0.3 is 5.97 Å². The summed E-state index contributed by atoms with van der Waals surface area (Å²) in [6.45, 7) is 0.701. The van der Waals surface area contributed by atoms with E-state index in [0.29, 0.717) is 13.0 Å². The van der Waals surface area contributed by atoms with Crippen molar-refractivity contribution < 1.29 is 19.1 Å². The summed E-state index contributed by atoms with van der Waals surface area (Å²) in [6.07, 6.45) is 6.16. The lowest BCUT2D eigenvalue weighted by Crippen LogP contribution is -2.36. The summed E-state index contributed by atoms with van der Waals surface area (Å²) in [5, 5.41) is 8.99. The van der Waals surface area contributed by atoms with Crippen LogP contribution in [0.5, 0.6) is 0 Å². The molecule has 1 N–H and O–H groups in total. The maximum atomic E-state index is 12.6. The van der Waals surface area contributed by atoms with Gasteiger partial charge in [0.2, 0.25) is 5.91 Å². The van der Waals surface area contributed by atoms with E-state index in [1.807, 2.05) is 17.0 Å². The second-order valence-electron chi connectivity index (χ2n) is 5.70. The number of carboxylic acid groups (broad SMARTS) is 1. The van der Waals surface area contributed by atoms with Crippen molar-refractivity contribution in [3.8, 4) is 0 Å². The zero-order chi connectivity index (χ0) is 14.1. The Bertz CT molecular complexity index is 496. The number of carboxylic acids is 1. The van der Waals surface area contributed by atoms with Crippen molar-refractivity contribution in [2.75, 3.05) is 6.54 Å². The van der Waals surface area contributed by atoms with E-state index in [1.165, 1.54) is 0 Å². The minimum atomic E-state index is -0.854. The average molecular weight is 277 g/mol. The van der Waals surface area contributed by atoms with Crippen molar-refractivity contribution in [1.82, 2.24) is 4.90 Å². The summed E-state index contributed by atoms with van der Waals surface area (Å²) in [5.74, 6) is -0.868. The molecule has 1 aromatic rings. The molecule has 1 saturated heterocycles. The number of carbonyl (C=O) groups is 2. The Labute approximate surface area is 117 Å². The minimum Gasteiger partial charge on any atom is -0.481 e. The molecule has 3 atom stereocenters. The molecule has 20 heavy (non-hydrogen) atoms. The van der Waals surface area contributed by atoms with Crippen LogP contribution in [0.3, 0.4) is 0 Å². The summed E-state index contributed by atoms with van der Waals surface area (Å²) in [6, 6.07) is 3.70. The average Bonchev–Trinajstić information content (AvgIpc) is 3.14. The van der Waals surface area contributed by atoms with Gasteiger partial charge in [-0.25, -0.2) is 0 Å². The van der Waals surface area contributed by atoms with Crippen molar-refractivity contribution in [3.63, 3.8) is 0 Å². The van der Waals surface area contributed by atoms with Crippen LogP contribution in [0.15, 0.2) is 22.8 Å². The first kappa shape index (κ1) is 13.2. The monoisotopic (exact) mass is 277 g/mol. The first-order chi connectivity index (χ1) is 9.68. The molecule has 0 bridgehead atoms. The quantitative estimate of drug-likeness (QED) is 0.921. The van der Waals surface area contributed by atoms with Crippen LogP contribution >= 0.6 is 0 Å².